The molecule has 0 aromatic carbocycles. The van der Waals surface area contributed by atoms with Crippen LogP contribution in [0.3, 0.4) is 0 Å². The van der Waals surface area contributed by atoms with Gasteiger partial charge >= 0.3 is 0 Å². The number of rotatable bonds is 8. The minimum Gasteiger partial charge on any atom is -0.354 e. The molecule has 2 amide bonds. The van der Waals surface area contributed by atoms with Crippen LogP contribution in [0.25, 0.3) is 0 Å². The minimum atomic E-state index is -0.00590. The van der Waals surface area contributed by atoms with E-state index in [2.05, 4.69) is 30.6 Å². The summed E-state index contributed by atoms with van der Waals surface area (Å²) in [6.45, 7) is 7.95. The van der Waals surface area contributed by atoms with Crippen LogP contribution in [0.5, 0.6) is 0 Å². The number of carbonyl (C=O) groups is 2. The van der Waals surface area contributed by atoms with Gasteiger partial charge in [0.25, 0.3) is 0 Å². The lowest BCUT2D eigenvalue weighted by molar-refractivity contribution is -0.134. The van der Waals surface area contributed by atoms with E-state index >= 15 is 0 Å². The van der Waals surface area contributed by atoms with E-state index in [9.17, 15) is 9.59 Å². The third kappa shape index (κ3) is 5.93. The zero-order valence-electron chi connectivity index (χ0n) is 15.1. The largest absolute Gasteiger partial charge is 0.354 e. The number of hydrogen-bond acceptors (Lipinski definition) is 3. The molecule has 1 aliphatic heterocycles. The van der Waals surface area contributed by atoms with Crippen LogP contribution in [0.1, 0.15) is 63.3 Å². The van der Waals surface area contributed by atoms with Crippen LogP contribution < -0.4 is 5.32 Å². The fourth-order valence-corrected chi connectivity index (χ4v) is 3.98. The average molecular weight is 351 g/mol. The molecule has 5 heteroatoms. The standard InChI is InChI=1S/C19H30N2O2S/c1-14(2)5-4-6-15(3)20-18(22)7-8-19(23)21-11-9-17-16(13-21)10-12-24-17/h10,12,14-15H,4-9,11,13H2,1-3H3,(H,20,22). The maximum absolute atomic E-state index is 12.3. The van der Waals surface area contributed by atoms with Crippen molar-refractivity contribution in [2.75, 3.05) is 6.54 Å². The second kappa shape index (κ2) is 9.21. The van der Waals surface area contributed by atoms with E-state index in [1.807, 2.05) is 11.8 Å². The van der Waals surface area contributed by atoms with Crippen molar-refractivity contribution in [1.29, 1.82) is 0 Å². The Kier molecular flexibility index (Phi) is 7.28. The highest BCUT2D eigenvalue weighted by Gasteiger charge is 2.21. The predicted molar refractivity (Wildman–Crippen MR) is 99.0 cm³/mol. The van der Waals surface area contributed by atoms with Crippen molar-refractivity contribution in [2.24, 2.45) is 5.92 Å². The molecule has 1 aliphatic rings. The monoisotopic (exact) mass is 350 g/mol. The Hall–Kier alpha value is -1.36. The summed E-state index contributed by atoms with van der Waals surface area (Å²) in [4.78, 5) is 27.6. The van der Waals surface area contributed by atoms with E-state index in [1.54, 1.807) is 11.3 Å². The summed E-state index contributed by atoms with van der Waals surface area (Å²) in [5, 5.41) is 5.11. The quantitative estimate of drug-likeness (QED) is 0.776. The van der Waals surface area contributed by atoms with Crippen LogP contribution in [-0.4, -0.2) is 29.3 Å². The highest BCUT2D eigenvalue weighted by atomic mass is 32.1. The SMILES string of the molecule is CC(C)CCCC(C)NC(=O)CCC(=O)N1CCc2sccc2C1. The van der Waals surface area contributed by atoms with E-state index < -0.39 is 0 Å². The Labute approximate surface area is 149 Å². The van der Waals surface area contributed by atoms with Gasteiger partial charge in [0.05, 0.1) is 0 Å². The van der Waals surface area contributed by atoms with Crippen molar-refractivity contribution >= 4 is 23.2 Å². The summed E-state index contributed by atoms with van der Waals surface area (Å²) in [5.41, 5.74) is 1.27. The van der Waals surface area contributed by atoms with Gasteiger partial charge in [0, 0.05) is 36.9 Å². The Balaban J connectivity index is 1.65. The van der Waals surface area contributed by atoms with Crippen molar-refractivity contribution in [3.05, 3.63) is 21.9 Å². The molecule has 4 nitrogen and oxygen atoms in total. The van der Waals surface area contributed by atoms with Crippen LogP contribution >= 0.6 is 11.3 Å². The van der Waals surface area contributed by atoms with Crippen molar-refractivity contribution in [3.63, 3.8) is 0 Å². The molecule has 0 spiro atoms. The summed E-state index contributed by atoms with van der Waals surface area (Å²) < 4.78 is 0. The highest BCUT2D eigenvalue weighted by Crippen LogP contribution is 2.24. The lowest BCUT2D eigenvalue weighted by Gasteiger charge is -2.27. The number of fused-ring (bicyclic) bond motifs is 1. The number of nitrogens with one attached hydrogen (secondary N) is 1. The van der Waals surface area contributed by atoms with E-state index in [0.717, 1.165) is 25.8 Å². The summed E-state index contributed by atoms with van der Waals surface area (Å²) in [7, 11) is 0. The maximum Gasteiger partial charge on any atom is 0.223 e. The molecule has 1 unspecified atom stereocenters. The average Bonchev–Trinajstić information content (AvgIpc) is 2.99. The van der Waals surface area contributed by atoms with E-state index in [1.165, 1.54) is 16.9 Å². The van der Waals surface area contributed by atoms with Crippen LogP contribution in [0.15, 0.2) is 11.4 Å². The minimum absolute atomic E-state index is 0.00590. The van der Waals surface area contributed by atoms with Gasteiger partial charge in [0.1, 0.15) is 0 Å². The summed E-state index contributed by atoms with van der Waals surface area (Å²) in [6.07, 6.45) is 4.88. The van der Waals surface area contributed by atoms with Gasteiger partial charge in [0.2, 0.25) is 11.8 Å². The Morgan fingerprint density at radius 1 is 1.25 bits per heavy atom. The molecule has 0 radical (unpaired) electrons. The third-order valence-corrected chi connectivity index (χ3v) is 5.58. The van der Waals surface area contributed by atoms with Gasteiger partial charge in [-0.15, -0.1) is 11.3 Å². The first-order valence-electron chi connectivity index (χ1n) is 9.08. The first-order chi connectivity index (χ1) is 11.5. The van der Waals surface area contributed by atoms with Crippen molar-refractivity contribution < 1.29 is 9.59 Å². The first-order valence-corrected chi connectivity index (χ1v) is 9.96. The highest BCUT2D eigenvalue weighted by molar-refractivity contribution is 7.10. The van der Waals surface area contributed by atoms with Crippen molar-refractivity contribution in [2.45, 2.75) is 71.9 Å². The Morgan fingerprint density at radius 3 is 2.79 bits per heavy atom. The topological polar surface area (TPSA) is 49.4 Å². The molecular formula is C19H30N2O2S. The molecule has 0 saturated carbocycles. The summed E-state index contributed by atoms with van der Waals surface area (Å²) in [5.74, 6) is 0.793. The summed E-state index contributed by atoms with van der Waals surface area (Å²) in [6, 6.07) is 2.29. The Bertz CT molecular complexity index is 553. The van der Waals surface area contributed by atoms with Crippen LogP contribution in [-0.2, 0) is 22.6 Å². The smallest absolute Gasteiger partial charge is 0.223 e. The van der Waals surface area contributed by atoms with Crippen LogP contribution in [0, 0.1) is 5.92 Å². The van der Waals surface area contributed by atoms with Gasteiger partial charge in [-0.2, -0.15) is 0 Å². The molecular weight excluding hydrogens is 320 g/mol. The Morgan fingerprint density at radius 2 is 2.04 bits per heavy atom. The third-order valence-electron chi connectivity index (χ3n) is 4.55. The second-order valence-electron chi connectivity index (χ2n) is 7.23. The second-order valence-corrected chi connectivity index (χ2v) is 8.23. The molecule has 0 saturated heterocycles. The van der Waals surface area contributed by atoms with Gasteiger partial charge in [-0.05, 0) is 42.7 Å². The predicted octanol–water partition coefficient (Wildman–Crippen LogP) is 3.74. The molecule has 1 aromatic heterocycles. The molecule has 24 heavy (non-hydrogen) atoms. The van der Waals surface area contributed by atoms with Crippen LogP contribution in [0.2, 0.25) is 0 Å². The molecule has 0 aliphatic carbocycles. The van der Waals surface area contributed by atoms with Crippen LogP contribution in [0.4, 0.5) is 0 Å². The van der Waals surface area contributed by atoms with E-state index in [4.69, 9.17) is 0 Å². The van der Waals surface area contributed by atoms with Crippen molar-refractivity contribution in [3.8, 4) is 0 Å². The molecule has 0 fully saturated rings. The van der Waals surface area contributed by atoms with E-state index in [-0.39, 0.29) is 17.9 Å². The maximum atomic E-state index is 12.3. The summed E-state index contributed by atoms with van der Waals surface area (Å²) >= 11 is 1.77. The number of thiophene rings is 1. The molecule has 2 heterocycles. The number of carbonyl (C=O) groups excluding carboxylic acids is 2. The zero-order valence-corrected chi connectivity index (χ0v) is 16.0. The lowest BCUT2D eigenvalue weighted by atomic mass is 10.0. The zero-order chi connectivity index (χ0) is 17.5. The first kappa shape index (κ1) is 19.0. The molecule has 1 N–H and O–H groups in total. The van der Waals surface area contributed by atoms with E-state index in [0.29, 0.717) is 25.3 Å². The molecule has 134 valence electrons. The molecule has 0 bridgehead atoms. The molecule has 1 aromatic rings. The van der Waals surface area contributed by atoms with Gasteiger partial charge in [0.15, 0.2) is 0 Å². The number of nitrogens with zero attached hydrogens (tertiary/aromatic N) is 1. The normalized spacial score (nSPS) is 15.2. The number of hydrogen-bond donors (Lipinski definition) is 1. The molecule has 2 rings (SSSR count). The fourth-order valence-electron chi connectivity index (χ4n) is 3.09. The molecule has 1 atom stereocenters. The van der Waals surface area contributed by atoms with Gasteiger partial charge in [-0.1, -0.05) is 26.7 Å². The van der Waals surface area contributed by atoms with Gasteiger partial charge in [-0.3, -0.25) is 9.59 Å². The number of amides is 2. The lowest BCUT2D eigenvalue weighted by Crippen LogP contribution is -2.37. The van der Waals surface area contributed by atoms with Crippen molar-refractivity contribution in [1.82, 2.24) is 10.2 Å². The van der Waals surface area contributed by atoms with Gasteiger partial charge < -0.3 is 10.2 Å². The van der Waals surface area contributed by atoms with Gasteiger partial charge in [-0.25, -0.2) is 0 Å². The fraction of sp³-hybridized carbons (Fsp3) is 0.684.